The van der Waals surface area contributed by atoms with E-state index in [-0.39, 0.29) is 5.82 Å². The van der Waals surface area contributed by atoms with Gasteiger partial charge in [-0.05, 0) is 31.4 Å². The summed E-state index contributed by atoms with van der Waals surface area (Å²) in [5, 5.41) is 3.09. The fourth-order valence-corrected chi connectivity index (χ4v) is 1.32. The molecule has 14 heavy (non-hydrogen) atoms. The lowest BCUT2D eigenvalue weighted by atomic mass is 10.2. The molecule has 0 aromatic heterocycles. The number of allylic oxidation sites excluding steroid dienone is 1. The molecule has 0 atom stereocenters. The Morgan fingerprint density at radius 1 is 1.50 bits per heavy atom. The lowest BCUT2D eigenvalue weighted by molar-refractivity contribution is 0.628. The van der Waals surface area contributed by atoms with Crippen LogP contribution >= 0.6 is 0 Å². The van der Waals surface area contributed by atoms with Gasteiger partial charge < -0.3 is 5.32 Å². The van der Waals surface area contributed by atoms with Crippen molar-refractivity contribution in [2.75, 3.05) is 11.9 Å². The second-order valence-electron chi connectivity index (χ2n) is 3.29. The Hall–Kier alpha value is -1.31. The van der Waals surface area contributed by atoms with E-state index in [1.165, 1.54) is 6.07 Å². The summed E-state index contributed by atoms with van der Waals surface area (Å²) in [5.74, 6) is -0.177. The highest BCUT2D eigenvalue weighted by Gasteiger charge is 2.02. The third kappa shape index (κ3) is 2.87. The number of halogens is 1. The number of anilines is 1. The zero-order chi connectivity index (χ0) is 10.4. The standard InChI is InChI=1S/C12H16FN/c1-3-4-5-9-14-12-10(2)7-6-8-11(12)13/h3,6-8,14H,1,4-5,9H2,2H3. The molecule has 0 aliphatic rings. The minimum Gasteiger partial charge on any atom is -0.382 e. The van der Waals surface area contributed by atoms with Crippen molar-refractivity contribution >= 4 is 5.69 Å². The number of nitrogens with one attached hydrogen (secondary N) is 1. The topological polar surface area (TPSA) is 12.0 Å². The van der Waals surface area contributed by atoms with Crippen molar-refractivity contribution in [2.24, 2.45) is 0 Å². The van der Waals surface area contributed by atoms with E-state index in [2.05, 4.69) is 11.9 Å². The molecule has 1 aromatic carbocycles. The van der Waals surface area contributed by atoms with Crippen molar-refractivity contribution in [3.8, 4) is 0 Å². The molecule has 1 N–H and O–H groups in total. The summed E-state index contributed by atoms with van der Waals surface area (Å²) >= 11 is 0. The largest absolute Gasteiger partial charge is 0.382 e. The van der Waals surface area contributed by atoms with Gasteiger partial charge >= 0.3 is 0 Å². The summed E-state index contributed by atoms with van der Waals surface area (Å²) in [5.41, 5.74) is 1.57. The molecule has 2 heteroatoms. The molecule has 0 fully saturated rings. The SMILES string of the molecule is C=CCCCNc1c(C)cccc1F. The zero-order valence-electron chi connectivity index (χ0n) is 8.52. The molecule has 0 bridgehead atoms. The molecule has 1 aromatic rings. The van der Waals surface area contributed by atoms with Gasteiger partial charge in [-0.3, -0.25) is 0 Å². The summed E-state index contributed by atoms with van der Waals surface area (Å²) in [6.45, 7) is 6.33. The Kier molecular flexibility index (Phi) is 4.17. The summed E-state index contributed by atoms with van der Waals surface area (Å²) in [6, 6.07) is 5.10. The summed E-state index contributed by atoms with van der Waals surface area (Å²) in [7, 11) is 0. The van der Waals surface area contributed by atoms with E-state index in [1.807, 2.05) is 19.1 Å². The van der Waals surface area contributed by atoms with E-state index in [0.717, 1.165) is 24.9 Å². The van der Waals surface area contributed by atoms with E-state index < -0.39 is 0 Å². The van der Waals surface area contributed by atoms with Gasteiger partial charge in [-0.2, -0.15) is 0 Å². The van der Waals surface area contributed by atoms with Gasteiger partial charge in [0.05, 0.1) is 5.69 Å². The maximum Gasteiger partial charge on any atom is 0.146 e. The van der Waals surface area contributed by atoms with Crippen molar-refractivity contribution < 1.29 is 4.39 Å². The van der Waals surface area contributed by atoms with Crippen LogP contribution in [0.3, 0.4) is 0 Å². The average Bonchev–Trinajstić information content (AvgIpc) is 2.16. The van der Waals surface area contributed by atoms with Crippen LogP contribution < -0.4 is 5.32 Å². The Morgan fingerprint density at radius 2 is 2.29 bits per heavy atom. The van der Waals surface area contributed by atoms with Crippen molar-refractivity contribution in [2.45, 2.75) is 19.8 Å². The van der Waals surface area contributed by atoms with E-state index in [1.54, 1.807) is 6.07 Å². The first kappa shape index (κ1) is 10.8. The fraction of sp³-hybridized carbons (Fsp3) is 0.333. The number of hydrogen-bond donors (Lipinski definition) is 1. The molecule has 0 aliphatic heterocycles. The smallest absolute Gasteiger partial charge is 0.146 e. The Morgan fingerprint density at radius 3 is 2.93 bits per heavy atom. The molecule has 0 amide bonds. The molecule has 1 nitrogen and oxygen atoms in total. The van der Waals surface area contributed by atoms with E-state index >= 15 is 0 Å². The first-order valence-corrected chi connectivity index (χ1v) is 4.85. The molecule has 0 unspecified atom stereocenters. The third-order valence-corrected chi connectivity index (χ3v) is 2.11. The van der Waals surface area contributed by atoms with Gasteiger partial charge in [0.1, 0.15) is 5.82 Å². The predicted octanol–water partition coefficient (Wildman–Crippen LogP) is 3.51. The van der Waals surface area contributed by atoms with E-state index in [0.29, 0.717) is 5.69 Å². The summed E-state index contributed by atoms with van der Waals surface area (Å²) < 4.78 is 13.3. The molecule has 0 heterocycles. The molecule has 0 saturated carbocycles. The van der Waals surface area contributed by atoms with E-state index in [4.69, 9.17) is 0 Å². The normalized spacial score (nSPS) is 9.86. The number of rotatable bonds is 5. The lowest BCUT2D eigenvalue weighted by Gasteiger charge is -2.09. The predicted molar refractivity (Wildman–Crippen MR) is 59.1 cm³/mol. The van der Waals surface area contributed by atoms with Crippen LogP contribution in [0.1, 0.15) is 18.4 Å². The van der Waals surface area contributed by atoms with Crippen molar-refractivity contribution in [3.05, 3.63) is 42.2 Å². The van der Waals surface area contributed by atoms with Crippen LogP contribution in [0.5, 0.6) is 0 Å². The number of aryl methyl sites for hydroxylation is 1. The maximum absolute atomic E-state index is 13.3. The first-order valence-electron chi connectivity index (χ1n) is 4.85. The van der Waals surface area contributed by atoms with Crippen LogP contribution in [-0.4, -0.2) is 6.54 Å². The van der Waals surface area contributed by atoms with Crippen LogP contribution in [0.15, 0.2) is 30.9 Å². The van der Waals surface area contributed by atoms with Gasteiger partial charge in [-0.15, -0.1) is 6.58 Å². The summed E-state index contributed by atoms with van der Waals surface area (Å²) in [6.07, 6.45) is 3.81. The second kappa shape index (κ2) is 5.43. The molecule has 0 spiro atoms. The first-order chi connectivity index (χ1) is 6.75. The lowest BCUT2D eigenvalue weighted by Crippen LogP contribution is -2.04. The molecule has 76 valence electrons. The van der Waals surface area contributed by atoms with Crippen LogP contribution in [0, 0.1) is 12.7 Å². The number of para-hydroxylation sites is 1. The Labute approximate surface area is 84.6 Å². The Bertz CT molecular complexity index is 287. The van der Waals surface area contributed by atoms with Crippen LogP contribution in [-0.2, 0) is 0 Å². The molecule has 0 saturated heterocycles. The number of unbranched alkanes of at least 4 members (excludes halogenated alkanes) is 1. The highest BCUT2D eigenvalue weighted by atomic mass is 19.1. The van der Waals surface area contributed by atoms with Gasteiger partial charge in [-0.1, -0.05) is 18.2 Å². The Balaban J connectivity index is 2.53. The third-order valence-electron chi connectivity index (χ3n) is 2.11. The van der Waals surface area contributed by atoms with Crippen LogP contribution in [0.4, 0.5) is 10.1 Å². The molecule has 0 aliphatic carbocycles. The maximum atomic E-state index is 13.3. The van der Waals surface area contributed by atoms with Gasteiger partial charge in [0, 0.05) is 6.54 Å². The van der Waals surface area contributed by atoms with Gasteiger partial charge in [0.2, 0.25) is 0 Å². The molecule has 1 rings (SSSR count). The van der Waals surface area contributed by atoms with Crippen molar-refractivity contribution in [3.63, 3.8) is 0 Å². The molecular formula is C12H16FN. The average molecular weight is 193 g/mol. The second-order valence-corrected chi connectivity index (χ2v) is 3.29. The highest BCUT2D eigenvalue weighted by molar-refractivity contribution is 5.51. The van der Waals surface area contributed by atoms with Gasteiger partial charge in [0.15, 0.2) is 0 Å². The van der Waals surface area contributed by atoms with E-state index in [9.17, 15) is 4.39 Å². The fourth-order valence-electron chi connectivity index (χ4n) is 1.32. The zero-order valence-corrected chi connectivity index (χ0v) is 8.52. The monoisotopic (exact) mass is 193 g/mol. The van der Waals surface area contributed by atoms with Crippen LogP contribution in [0.2, 0.25) is 0 Å². The molecule has 0 radical (unpaired) electrons. The minimum atomic E-state index is -0.177. The minimum absolute atomic E-state index is 0.177. The highest BCUT2D eigenvalue weighted by Crippen LogP contribution is 2.18. The van der Waals surface area contributed by atoms with Crippen molar-refractivity contribution in [1.29, 1.82) is 0 Å². The van der Waals surface area contributed by atoms with Gasteiger partial charge in [0.25, 0.3) is 0 Å². The van der Waals surface area contributed by atoms with Crippen LogP contribution in [0.25, 0.3) is 0 Å². The quantitative estimate of drug-likeness (QED) is 0.557. The van der Waals surface area contributed by atoms with Gasteiger partial charge in [-0.25, -0.2) is 4.39 Å². The van der Waals surface area contributed by atoms with Crippen molar-refractivity contribution in [1.82, 2.24) is 0 Å². The number of benzene rings is 1. The number of hydrogen-bond acceptors (Lipinski definition) is 1. The molecular weight excluding hydrogens is 177 g/mol. The summed E-state index contributed by atoms with van der Waals surface area (Å²) in [4.78, 5) is 0.